The van der Waals surface area contributed by atoms with Crippen molar-refractivity contribution >= 4 is 15.9 Å². The molecule has 1 heterocycles. The van der Waals surface area contributed by atoms with E-state index in [4.69, 9.17) is 9.47 Å². The van der Waals surface area contributed by atoms with Crippen LogP contribution in [0.1, 0.15) is 43.2 Å². The molecule has 1 amide bonds. The quantitative estimate of drug-likeness (QED) is 0.619. The lowest BCUT2D eigenvalue weighted by molar-refractivity contribution is -0.121. The Kier molecular flexibility index (Phi) is 8.53. The van der Waals surface area contributed by atoms with Gasteiger partial charge in [0.05, 0.1) is 19.1 Å². The molecule has 8 heteroatoms. The predicted octanol–water partition coefficient (Wildman–Crippen LogP) is 3.52. The van der Waals surface area contributed by atoms with Gasteiger partial charge in [0.25, 0.3) is 0 Å². The number of carbonyl (C=O) groups excluding carboxylic acids is 1. The molecule has 1 aliphatic rings. The lowest BCUT2D eigenvalue weighted by atomic mass is 10.1. The van der Waals surface area contributed by atoms with Crippen LogP contribution in [0.2, 0.25) is 0 Å². The van der Waals surface area contributed by atoms with Crippen molar-refractivity contribution in [3.63, 3.8) is 0 Å². The number of carbonyl (C=O) groups is 1. The van der Waals surface area contributed by atoms with Gasteiger partial charge in [-0.25, -0.2) is 8.42 Å². The molecule has 0 radical (unpaired) electrons. The lowest BCUT2D eigenvalue weighted by Gasteiger charge is -2.20. The number of hydrogen-bond acceptors (Lipinski definition) is 5. The number of nitrogens with one attached hydrogen (secondary N) is 1. The number of sulfonamides is 1. The summed E-state index contributed by atoms with van der Waals surface area (Å²) in [6.07, 6.45) is 4.83. The Morgan fingerprint density at radius 1 is 0.969 bits per heavy atom. The number of benzene rings is 2. The number of nitrogens with zero attached hydrogens (tertiary/aromatic N) is 1. The number of hydrogen-bond donors (Lipinski definition) is 1. The molecular weight excluding hydrogens is 428 g/mol. The van der Waals surface area contributed by atoms with Crippen LogP contribution >= 0.6 is 0 Å². The van der Waals surface area contributed by atoms with Crippen molar-refractivity contribution in [1.82, 2.24) is 9.62 Å². The van der Waals surface area contributed by atoms with Gasteiger partial charge in [0.15, 0.2) is 11.5 Å². The van der Waals surface area contributed by atoms with Crippen LogP contribution in [0.5, 0.6) is 11.5 Å². The van der Waals surface area contributed by atoms with Gasteiger partial charge in [0, 0.05) is 31.6 Å². The van der Waals surface area contributed by atoms with Crippen molar-refractivity contribution in [3.05, 3.63) is 53.6 Å². The van der Waals surface area contributed by atoms with Crippen molar-refractivity contribution < 1.29 is 22.7 Å². The number of ether oxygens (including phenoxy) is 2. The number of para-hydroxylation sites is 1. The highest BCUT2D eigenvalue weighted by molar-refractivity contribution is 7.89. The molecule has 3 rings (SSSR count). The van der Waals surface area contributed by atoms with E-state index >= 15 is 0 Å². The Morgan fingerprint density at radius 2 is 1.66 bits per heavy atom. The summed E-state index contributed by atoms with van der Waals surface area (Å²) in [5, 5.41) is 2.90. The van der Waals surface area contributed by atoms with Crippen molar-refractivity contribution in [3.8, 4) is 11.5 Å². The summed E-state index contributed by atoms with van der Waals surface area (Å²) in [6.45, 7) is 1.51. The van der Waals surface area contributed by atoms with Gasteiger partial charge in [0.2, 0.25) is 15.9 Å². The minimum atomic E-state index is -3.45. The molecule has 174 valence electrons. The van der Waals surface area contributed by atoms with E-state index in [0.717, 1.165) is 36.8 Å². The normalized spacial score (nSPS) is 15.1. The molecule has 1 N–H and O–H groups in total. The highest BCUT2D eigenvalue weighted by atomic mass is 32.2. The van der Waals surface area contributed by atoms with E-state index in [1.54, 1.807) is 48.9 Å². The molecular formula is C24H32N2O5S. The summed E-state index contributed by atoms with van der Waals surface area (Å²) in [5.74, 6) is 1.14. The van der Waals surface area contributed by atoms with Crippen LogP contribution in [0.25, 0.3) is 0 Å². The predicted molar refractivity (Wildman–Crippen MR) is 123 cm³/mol. The second-order valence-electron chi connectivity index (χ2n) is 7.89. The fourth-order valence-corrected chi connectivity index (χ4v) is 5.41. The number of rotatable bonds is 9. The van der Waals surface area contributed by atoms with Crippen molar-refractivity contribution in [2.75, 3.05) is 27.3 Å². The van der Waals surface area contributed by atoms with E-state index in [0.29, 0.717) is 48.9 Å². The van der Waals surface area contributed by atoms with Gasteiger partial charge in [-0.3, -0.25) is 4.79 Å². The summed E-state index contributed by atoms with van der Waals surface area (Å²) in [5.41, 5.74) is 1.76. The molecule has 1 saturated heterocycles. The molecule has 1 fully saturated rings. The van der Waals surface area contributed by atoms with E-state index in [-0.39, 0.29) is 5.91 Å². The molecule has 0 aliphatic carbocycles. The van der Waals surface area contributed by atoms with Crippen molar-refractivity contribution in [2.45, 2.75) is 50.0 Å². The molecule has 32 heavy (non-hydrogen) atoms. The zero-order valence-electron chi connectivity index (χ0n) is 18.8. The molecule has 0 unspecified atom stereocenters. The highest BCUT2D eigenvalue weighted by Crippen LogP contribution is 2.30. The van der Waals surface area contributed by atoms with Gasteiger partial charge in [-0.2, -0.15) is 4.31 Å². The van der Waals surface area contributed by atoms with E-state index in [1.807, 2.05) is 12.1 Å². The molecule has 0 bridgehead atoms. The lowest BCUT2D eigenvalue weighted by Crippen LogP contribution is -2.31. The zero-order valence-corrected chi connectivity index (χ0v) is 19.6. The summed E-state index contributed by atoms with van der Waals surface area (Å²) in [6, 6.07) is 12.4. The first-order chi connectivity index (χ1) is 15.5. The second-order valence-corrected chi connectivity index (χ2v) is 9.83. The van der Waals surface area contributed by atoms with Gasteiger partial charge in [-0.1, -0.05) is 37.1 Å². The average Bonchev–Trinajstić information content (AvgIpc) is 3.11. The van der Waals surface area contributed by atoms with Crippen LogP contribution < -0.4 is 14.8 Å². The average molecular weight is 461 g/mol. The second kappa shape index (κ2) is 11.3. The first-order valence-corrected chi connectivity index (χ1v) is 12.5. The Balaban J connectivity index is 1.53. The van der Waals surface area contributed by atoms with E-state index in [1.165, 1.54) is 0 Å². The number of aryl methyl sites for hydroxylation is 1. The van der Waals surface area contributed by atoms with Gasteiger partial charge in [0.1, 0.15) is 0 Å². The fraction of sp³-hybridized carbons (Fsp3) is 0.458. The first-order valence-electron chi connectivity index (χ1n) is 11.0. The Bertz CT molecular complexity index is 998. The van der Waals surface area contributed by atoms with Crippen LogP contribution in [0.3, 0.4) is 0 Å². The van der Waals surface area contributed by atoms with Gasteiger partial charge in [-0.15, -0.1) is 0 Å². The van der Waals surface area contributed by atoms with Crippen LogP contribution in [-0.4, -0.2) is 45.9 Å². The van der Waals surface area contributed by atoms with Crippen molar-refractivity contribution in [2.24, 2.45) is 0 Å². The summed E-state index contributed by atoms with van der Waals surface area (Å²) < 4.78 is 38.0. The van der Waals surface area contributed by atoms with Crippen LogP contribution in [0.4, 0.5) is 0 Å². The Morgan fingerprint density at radius 3 is 2.28 bits per heavy atom. The SMILES string of the molecule is COc1cccc(CNC(=O)CCc2ccc(S(=O)(=O)N3CCCCCC3)cc2)c1OC. The fourth-order valence-electron chi connectivity index (χ4n) is 3.89. The van der Waals surface area contributed by atoms with Gasteiger partial charge in [-0.05, 0) is 43.0 Å². The maximum absolute atomic E-state index is 12.9. The number of methoxy groups -OCH3 is 2. The molecule has 0 saturated carbocycles. The van der Waals surface area contributed by atoms with Gasteiger partial charge >= 0.3 is 0 Å². The van der Waals surface area contributed by atoms with Gasteiger partial charge < -0.3 is 14.8 Å². The van der Waals surface area contributed by atoms with Crippen LogP contribution in [-0.2, 0) is 27.8 Å². The Labute approximate surface area is 190 Å². The maximum atomic E-state index is 12.9. The molecule has 0 aromatic heterocycles. The minimum absolute atomic E-state index is 0.0869. The molecule has 7 nitrogen and oxygen atoms in total. The van der Waals surface area contributed by atoms with E-state index < -0.39 is 10.0 Å². The molecule has 2 aromatic carbocycles. The summed E-state index contributed by atoms with van der Waals surface area (Å²) in [4.78, 5) is 12.6. The topological polar surface area (TPSA) is 84.9 Å². The monoisotopic (exact) mass is 460 g/mol. The smallest absolute Gasteiger partial charge is 0.243 e. The van der Waals surface area contributed by atoms with E-state index in [2.05, 4.69) is 5.32 Å². The third-order valence-corrected chi connectivity index (χ3v) is 7.64. The third kappa shape index (κ3) is 6.01. The van der Waals surface area contributed by atoms with E-state index in [9.17, 15) is 13.2 Å². The number of amides is 1. The standard InChI is InChI=1S/C24H32N2O5S/c1-30-22-9-7-8-20(24(22)31-2)18-25-23(27)15-12-19-10-13-21(14-11-19)32(28,29)26-16-5-3-4-6-17-26/h7-11,13-14H,3-6,12,15-18H2,1-2H3,(H,25,27). The highest BCUT2D eigenvalue weighted by Gasteiger charge is 2.24. The molecule has 0 atom stereocenters. The summed E-state index contributed by atoms with van der Waals surface area (Å²) in [7, 11) is -0.310. The van der Waals surface area contributed by atoms with Crippen LogP contribution in [0.15, 0.2) is 47.4 Å². The zero-order chi connectivity index (χ0) is 23.0. The van der Waals surface area contributed by atoms with Crippen LogP contribution in [0, 0.1) is 0 Å². The van der Waals surface area contributed by atoms with Crippen molar-refractivity contribution in [1.29, 1.82) is 0 Å². The Hall–Kier alpha value is -2.58. The molecule has 1 aliphatic heterocycles. The minimum Gasteiger partial charge on any atom is -0.493 e. The molecule has 0 spiro atoms. The third-order valence-electron chi connectivity index (χ3n) is 5.73. The maximum Gasteiger partial charge on any atom is 0.243 e. The first kappa shape index (κ1) is 24.1. The largest absolute Gasteiger partial charge is 0.493 e. The molecule has 2 aromatic rings. The summed E-state index contributed by atoms with van der Waals surface area (Å²) >= 11 is 0.